The van der Waals surface area contributed by atoms with Gasteiger partial charge in [0.05, 0.1) is 7.11 Å². The van der Waals surface area contributed by atoms with Gasteiger partial charge in [-0.15, -0.1) is 0 Å². The Morgan fingerprint density at radius 1 is 1.47 bits per heavy atom. The second-order valence-corrected chi connectivity index (χ2v) is 4.98. The summed E-state index contributed by atoms with van der Waals surface area (Å²) in [5.74, 6) is 0.139. The van der Waals surface area contributed by atoms with Crippen LogP contribution in [0.25, 0.3) is 0 Å². The molecule has 1 saturated carbocycles. The maximum atomic E-state index is 14.1. The van der Waals surface area contributed by atoms with Crippen LogP contribution < -0.4 is 10.1 Å². The molecule has 0 amide bonds. The van der Waals surface area contributed by atoms with Crippen LogP contribution in [0.5, 0.6) is 5.75 Å². The highest BCUT2D eigenvalue weighted by molar-refractivity contribution is 5.32. The van der Waals surface area contributed by atoms with E-state index in [1.54, 1.807) is 6.07 Å². The molecule has 1 unspecified atom stereocenters. The quantitative estimate of drug-likeness (QED) is 0.850. The highest BCUT2D eigenvalue weighted by Crippen LogP contribution is 2.51. The summed E-state index contributed by atoms with van der Waals surface area (Å²) in [5, 5.41) is 3.28. The van der Waals surface area contributed by atoms with Crippen molar-refractivity contribution in [3.8, 4) is 5.75 Å². The van der Waals surface area contributed by atoms with Crippen molar-refractivity contribution in [3.63, 3.8) is 0 Å². The highest BCUT2D eigenvalue weighted by Gasteiger charge is 2.47. The fourth-order valence-electron chi connectivity index (χ4n) is 2.46. The standard InChI is InChI=1S/C14H20FNO/c1-10(16-2)14(7-8-14)9-11-5-4-6-12(17-3)13(11)15/h4-6,10,16H,7-9H2,1-3H3. The molecule has 1 aliphatic carbocycles. The van der Waals surface area contributed by atoms with E-state index in [0.717, 1.165) is 12.0 Å². The van der Waals surface area contributed by atoms with E-state index in [4.69, 9.17) is 4.74 Å². The Balaban J connectivity index is 2.19. The Kier molecular flexibility index (Phi) is 3.38. The van der Waals surface area contributed by atoms with E-state index in [1.807, 2.05) is 19.2 Å². The summed E-state index contributed by atoms with van der Waals surface area (Å²) in [6.45, 7) is 2.17. The molecule has 1 N–H and O–H groups in total. The zero-order valence-electron chi connectivity index (χ0n) is 10.7. The molecule has 94 valence electrons. The van der Waals surface area contributed by atoms with E-state index in [1.165, 1.54) is 20.0 Å². The third kappa shape index (κ3) is 2.29. The topological polar surface area (TPSA) is 21.3 Å². The van der Waals surface area contributed by atoms with Crippen LogP contribution in [0.15, 0.2) is 18.2 Å². The van der Waals surface area contributed by atoms with Gasteiger partial charge in [0.25, 0.3) is 0 Å². The number of halogens is 1. The van der Waals surface area contributed by atoms with Gasteiger partial charge in [-0.25, -0.2) is 4.39 Å². The normalized spacial score (nSPS) is 18.8. The fourth-order valence-corrected chi connectivity index (χ4v) is 2.46. The van der Waals surface area contributed by atoms with Crippen molar-refractivity contribution in [1.29, 1.82) is 0 Å². The fraction of sp³-hybridized carbons (Fsp3) is 0.571. The lowest BCUT2D eigenvalue weighted by molar-refractivity contribution is 0.354. The summed E-state index contributed by atoms with van der Waals surface area (Å²) < 4.78 is 19.1. The largest absolute Gasteiger partial charge is 0.494 e. The number of ether oxygens (including phenoxy) is 1. The summed E-state index contributed by atoms with van der Waals surface area (Å²) in [5.41, 5.74) is 1.01. The van der Waals surface area contributed by atoms with Crippen LogP contribution in [0, 0.1) is 11.2 Å². The predicted molar refractivity (Wildman–Crippen MR) is 66.8 cm³/mol. The first kappa shape index (κ1) is 12.4. The van der Waals surface area contributed by atoms with Crippen LogP contribution in [0.2, 0.25) is 0 Å². The van der Waals surface area contributed by atoms with Crippen LogP contribution in [-0.2, 0) is 6.42 Å². The number of nitrogens with one attached hydrogen (secondary N) is 1. The van der Waals surface area contributed by atoms with Crippen molar-refractivity contribution in [2.45, 2.75) is 32.2 Å². The van der Waals surface area contributed by atoms with Crippen LogP contribution in [0.3, 0.4) is 0 Å². The molecule has 1 aromatic carbocycles. The number of methoxy groups -OCH3 is 1. The van der Waals surface area contributed by atoms with Crippen molar-refractivity contribution in [2.75, 3.05) is 14.2 Å². The number of benzene rings is 1. The van der Waals surface area contributed by atoms with Gasteiger partial charge < -0.3 is 10.1 Å². The molecule has 0 bridgehead atoms. The van der Waals surface area contributed by atoms with E-state index in [-0.39, 0.29) is 11.2 Å². The molecular formula is C14H20FNO. The number of hydrogen-bond acceptors (Lipinski definition) is 2. The van der Waals surface area contributed by atoms with Gasteiger partial charge in [-0.05, 0) is 50.3 Å². The predicted octanol–water partition coefficient (Wildman–Crippen LogP) is 2.76. The van der Waals surface area contributed by atoms with Gasteiger partial charge in [-0.1, -0.05) is 12.1 Å². The maximum Gasteiger partial charge on any atom is 0.168 e. The van der Waals surface area contributed by atoms with Crippen LogP contribution in [0.1, 0.15) is 25.3 Å². The molecule has 1 aromatic rings. The molecule has 0 radical (unpaired) electrons. The van der Waals surface area contributed by atoms with Crippen LogP contribution in [-0.4, -0.2) is 20.2 Å². The Labute approximate surface area is 102 Å². The average molecular weight is 237 g/mol. The molecule has 0 aliphatic heterocycles. The van der Waals surface area contributed by atoms with E-state index >= 15 is 0 Å². The van der Waals surface area contributed by atoms with Crippen LogP contribution >= 0.6 is 0 Å². The monoisotopic (exact) mass is 237 g/mol. The molecule has 3 heteroatoms. The lowest BCUT2D eigenvalue weighted by Crippen LogP contribution is -2.33. The summed E-state index contributed by atoms with van der Waals surface area (Å²) in [7, 11) is 3.47. The minimum Gasteiger partial charge on any atom is -0.494 e. The van der Waals surface area contributed by atoms with Gasteiger partial charge in [0, 0.05) is 6.04 Å². The van der Waals surface area contributed by atoms with Crippen molar-refractivity contribution in [2.24, 2.45) is 5.41 Å². The first-order valence-electron chi connectivity index (χ1n) is 6.11. The molecule has 2 rings (SSSR count). The Morgan fingerprint density at radius 2 is 2.18 bits per heavy atom. The molecule has 1 atom stereocenters. The second kappa shape index (κ2) is 4.65. The van der Waals surface area contributed by atoms with Crippen molar-refractivity contribution in [3.05, 3.63) is 29.6 Å². The summed E-state index contributed by atoms with van der Waals surface area (Å²) in [6.07, 6.45) is 3.13. The minimum atomic E-state index is -0.204. The molecular weight excluding hydrogens is 217 g/mol. The van der Waals surface area contributed by atoms with E-state index in [9.17, 15) is 4.39 Å². The minimum absolute atomic E-state index is 0.204. The lowest BCUT2D eigenvalue weighted by atomic mass is 9.89. The summed E-state index contributed by atoms with van der Waals surface area (Å²) >= 11 is 0. The van der Waals surface area contributed by atoms with Gasteiger partial charge in [0.2, 0.25) is 0 Å². The molecule has 1 aliphatic rings. The molecule has 0 heterocycles. The summed E-state index contributed by atoms with van der Waals surface area (Å²) in [4.78, 5) is 0. The van der Waals surface area contributed by atoms with Gasteiger partial charge in [-0.2, -0.15) is 0 Å². The van der Waals surface area contributed by atoms with E-state index in [2.05, 4.69) is 12.2 Å². The zero-order valence-corrected chi connectivity index (χ0v) is 10.7. The van der Waals surface area contributed by atoms with Gasteiger partial charge in [0.15, 0.2) is 11.6 Å². The smallest absolute Gasteiger partial charge is 0.168 e. The van der Waals surface area contributed by atoms with Gasteiger partial charge >= 0.3 is 0 Å². The van der Waals surface area contributed by atoms with Gasteiger partial charge in [0.1, 0.15) is 0 Å². The SMILES string of the molecule is CNC(C)C1(Cc2cccc(OC)c2F)CC1. The third-order valence-electron chi connectivity index (χ3n) is 4.05. The van der Waals surface area contributed by atoms with Gasteiger partial charge in [-0.3, -0.25) is 0 Å². The van der Waals surface area contributed by atoms with Crippen molar-refractivity contribution >= 4 is 0 Å². The second-order valence-electron chi connectivity index (χ2n) is 4.98. The third-order valence-corrected chi connectivity index (χ3v) is 4.05. The van der Waals surface area contributed by atoms with Crippen molar-refractivity contribution in [1.82, 2.24) is 5.32 Å². The van der Waals surface area contributed by atoms with Crippen molar-refractivity contribution < 1.29 is 9.13 Å². The summed E-state index contributed by atoms with van der Waals surface area (Å²) in [6, 6.07) is 5.81. The molecule has 1 fully saturated rings. The zero-order chi connectivity index (χ0) is 12.5. The first-order chi connectivity index (χ1) is 8.13. The Bertz CT molecular complexity index is 401. The van der Waals surface area contributed by atoms with E-state index in [0.29, 0.717) is 11.8 Å². The first-order valence-corrected chi connectivity index (χ1v) is 6.11. The molecule has 0 aromatic heterocycles. The lowest BCUT2D eigenvalue weighted by Gasteiger charge is -2.23. The Morgan fingerprint density at radius 3 is 2.71 bits per heavy atom. The molecule has 0 saturated heterocycles. The van der Waals surface area contributed by atoms with E-state index < -0.39 is 0 Å². The molecule has 2 nitrogen and oxygen atoms in total. The maximum absolute atomic E-state index is 14.1. The number of hydrogen-bond donors (Lipinski definition) is 1. The molecule has 17 heavy (non-hydrogen) atoms. The molecule has 0 spiro atoms. The average Bonchev–Trinajstić information content (AvgIpc) is 3.12. The van der Waals surface area contributed by atoms with Crippen LogP contribution in [0.4, 0.5) is 4.39 Å². The Hall–Kier alpha value is -1.09. The highest BCUT2D eigenvalue weighted by atomic mass is 19.1. The number of rotatable bonds is 5.